The molecule has 0 bridgehead atoms. The predicted octanol–water partition coefficient (Wildman–Crippen LogP) is 2.14. The van der Waals surface area contributed by atoms with Crippen molar-refractivity contribution in [1.29, 1.82) is 0 Å². The van der Waals surface area contributed by atoms with Gasteiger partial charge in [-0.15, -0.1) is 0 Å². The van der Waals surface area contributed by atoms with Crippen LogP contribution in [0.5, 0.6) is 0 Å². The minimum absolute atomic E-state index is 0.170. The SMILES string of the molecule is CCNC(=O)C1CCN(c2ccc(C)cc2Cl)C1=O. The van der Waals surface area contributed by atoms with Crippen molar-refractivity contribution < 1.29 is 9.59 Å². The topological polar surface area (TPSA) is 49.4 Å². The zero-order chi connectivity index (χ0) is 14.0. The summed E-state index contributed by atoms with van der Waals surface area (Å²) < 4.78 is 0. The Labute approximate surface area is 117 Å². The average Bonchev–Trinajstić information content (AvgIpc) is 2.72. The molecule has 19 heavy (non-hydrogen) atoms. The first-order valence-corrected chi connectivity index (χ1v) is 6.77. The molecule has 0 radical (unpaired) electrons. The number of carbonyl (C=O) groups excluding carboxylic acids is 2. The molecule has 1 fully saturated rings. The number of benzene rings is 1. The average molecular weight is 281 g/mol. The Bertz CT molecular complexity index is 516. The van der Waals surface area contributed by atoms with Gasteiger partial charge in [0.05, 0.1) is 10.7 Å². The second-order valence-corrected chi connectivity index (χ2v) is 5.09. The number of nitrogens with one attached hydrogen (secondary N) is 1. The van der Waals surface area contributed by atoms with Crippen LogP contribution in [-0.4, -0.2) is 24.9 Å². The lowest BCUT2D eigenvalue weighted by Crippen LogP contribution is -2.36. The normalized spacial score (nSPS) is 18.8. The van der Waals surface area contributed by atoms with Crippen LogP contribution >= 0.6 is 11.6 Å². The molecule has 102 valence electrons. The maximum Gasteiger partial charge on any atom is 0.239 e. The van der Waals surface area contributed by atoms with E-state index in [0.717, 1.165) is 5.56 Å². The molecule has 1 aliphatic rings. The van der Waals surface area contributed by atoms with E-state index in [4.69, 9.17) is 11.6 Å². The monoisotopic (exact) mass is 280 g/mol. The van der Waals surface area contributed by atoms with Gasteiger partial charge in [0.1, 0.15) is 5.92 Å². The van der Waals surface area contributed by atoms with E-state index < -0.39 is 5.92 Å². The molecule has 0 aromatic heterocycles. The fraction of sp³-hybridized carbons (Fsp3) is 0.429. The molecule has 1 aromatic carbocycles. The Morgan fingerprint density at radius 2 is 2.26 bits per heavy atom. The number of aryl methyl sites for hydroxylation is 1. The number of amides is 2. The number of halogens is 1. The van der Waals surface area contributed by atoms with Crippen molar-refractivity contribution in [2.45, 2.75) is 20.3 Å². The van der Waals surface area contributed by atoms with Gasteiger partial charge in [-0.1, -0.05) is 17.7 Å². The second kappa shape index (κ2) is 5.61. The Hall–Kier alpha value is -1.55. The van der Waals surface area contributed by atoms with Crippen LogP contribution in [-0.2, 0) is 9.59 Å². The van der Waals surface area contributed by atoms with Crippen LogP contribution in [0.4, 0.5) is 5.69 Å². The van der Waals surface area contributed by atoms with Crippen LogP contribution in [0.1, 0.15) is 18.9 Å². The van der Waals surface area contributed by atoms with Crippen molar-refractivity contribution >= 4 is 29.1 Å². The van der Waals surface area contributed by atoms with Crippen molar-refractivity contribution in [3.63, 3.8) is 0 Å². The molecule has 5 heteroatoms. The summed E-state index contributed by atoms with van der Waals surface area (Å²) in [5.74, 6) is -0.952. The Morgan fingerprint density at radius 3 is 2.89 bits per heavy atom. The van der Waals surface area contributed by atoms with Gasteiger partial charge >= 0.3 is 0 Å². The van der Waals surface area contributed by atoms with Crippen LogP contribution in [0.2, 0.25) is 5.02 Å². The molecule has 2 amide bonds. The molecule has 1 unspecified atom stereocenters. The van der Waals surface area contributed by atoms with Crippen LogP contribution in [0.15, 0.2) is 18.2 Å². The summed E-state index contributed by atoms with van der Waals surface area (Å²) >= 11 is 6.17. The summed E-state index contributed by atoms with van der Waals surface area (Å²) in [4.78, 5) is 25.6. The lowest BCUT2D eigenvalue weighted by atomic mass is 10.1. The molecule has 0 aliphatic carbocycles. The second-order valence-electron chi connectivity index (χ2n) is 4.68. The lowest BCUT2D eigenvalue weighted by molar-refractivity contribution is -0.132. The highest BCUT2D eigenvalue weighted by Crippen LogP contribution is 2.32. The van der Waals surface area contributed by atoms with Gasteiger partial charge in [0.25, 0.3) is 0 Å². The fourth-order valence-electron chi connectivity index (χ4n) is 2.29. The van der Waals surface area contributed by atoms with Crippen LogP contribution in [0.3, 0.4) is 0 Å². The van der Waals surface area contributed by atoms with E-state index in [1.54, 1.807) is 4.90 Å². The summed E-state index contributed by atoms with van der Waals surface area (Å²) in [6.45, 7) is 4.85. The third-order valence-corrected chi connectivity index (χ3v) is 3.57. The highest BCUT2D eigenvalue weighted by atomic mass is 35.5. The van der Waals surface area contributed by atoms with Crippen LogP contribution in [0, 0.1) is 12.8 Å². The van der Waals surface area contributed by atoms with Crippen molar-refractivity contribution in [2.75, 3.05) is 18.0 Å². The van der Waals surface area contributed by atoms with Gasteiger partial charge in [-0.25, -0.2) is 0 Å². The third-order valence-electron chi connectivity index (χ3n) is 3.27. The first kappa shape index (κ1) is 13.9. The number of carbonyl (C=O) groups is 2. The van der Waals surface area contributed by atoms with Gasteiger partial charge in [-0.2, -0.15) is 0 Å². The maximum absolute atomic E-state index is 12.3. The van der Waals surface area contributed by atoms with Gasteiger partial charge in [-0.05, 0) is 38.0 Å². The van der Waals surface area contributed by atoms with Crippen molar-refractivity contribution in [1.82, 2.24) is 5.32 Å². The minimum atomic E-state index is -0.586. The minimum Gasteiger partial charge on any atom is -0.356 e. The molecule has 1 saturated heterocycles. The van der Waals surface area contributed by atoms with Gasteiger partial charge in [0.2, 0.25) is 11.8 Å². The van der Waals surface area contributed by atoms with Crippen LogP contribution in [0.25, 0.3) is 0 Å². The molecule has 1 atom stereocenters. The van der Waals surface area contributed by atoms with E-state index in [-0.39, 0.29) is 11.8 Å². The molecule has 0 spiro atoms. The quantitative estimate of drug-likeness (QED) is 0.863. The van der Waals surface area contributed by atoms with E-state index in [1.165, 1.54) is 0 Å². The standard InChI is InChI=1S/C14H17ClN2O2/c1-3-16-13(18)10-6-7-17(14(10)19)12-5-4-9(2)8-11(12)15/h4-5,8,10H,3,6-7H2,1-2H3,(H,16,18). The predicted molar refractivity (Wildman–Crippen MR) is 75.3 cm³/mol. The van der Waals surface area contributed by atoms with E-state index in [9.17, 15) is 9.59 Å². The molecule has 1 aromatic rings. The summed E-state index contributed by atoms with van der Waals surface area (Å²) in [5.41, 5.74) is 1.73. The van der Waals surface area contributed by atoms with Crippen molar-refractivity contribution in [3.05, 3.63) is 28.8 Å². The van der Waals surface area contributed by atoms with E-state index in [2.05, 4.69) is 5.32 Å². The van der Waals surface area contributed by atoms with Gasteiger partial charge in [0.15, 0.2) is 0 Å². The van der Waals surface area contributed by atoms with Gasteiger partial charge in [0, 0.05) is 13.1 Å². The van der Waals surface area contributed by atoms with Crippen molar-refractivity contribution in [2.24, 2.45) is 5.92 Å². The van der Waals surface area contributed by atoms with E-state index >= 15 is 0 Å². The number of hydrogen-bond acceptors (Lipinski definition) is 2. The summed E-state index contributed by atoms with van der Waals surface area (Å²) in [5, 5.41) is 3.24. The highest BCUT2D eigenvalue weighted by molar-refractivity contribution is 6.34. The lowest BCUT2D eigenvalue weighted by Gasteiger charge is -2.18. The number of rotatable bonds is 3. The Morgan fingerprint density at radius 1 is 1.53 bits per heavy atom. The zero-order valence-corrected chi connectivity index (χ0v) is 11.8. The Balaban J connectivity index is 2.20. The molecular formula is C14H17ClN2O2. The first-order valence-electron chi connectivity index (χ1n) is 6.39. The summed E-state index contributed by atoms with van der Waals surface area (Å²) in [7, 11) is 0. The molecule has 1 N–H and O–H groups in total. The number of anilines is 1. The molecule has 0 saturated carbocycles. The molecular weight excluding hydrogens is 264 g/mol. The van der Waals surface area contributed by atoms with Crippen molar-refractivity contribution in [3.8, 4) is 0 Å². The molecule has 1 aliphatic heterocycles. The maximum atomic E-state index is 12.3. The smallest absolute Gasteiger partial charge is 0.239 e. The van der Waals surface area contributed by atoms with Gasteiger partial charge < -0.3 is 10.2 Å². The van der Waals surface area contributed by atoms with Crippen LogP contribution < -0.4 is 10.2 Å². The molecule has 2 rings (SSSR count). The van der Waals surface area contributed by atoms with Gasteiger partial charge in [-0.3, -0.25) is 9.59 Å². The Kier molecular flexibility index (Phi) is 4.10. The fourth-order valence-corrected chi connectivity index (χ4v) is 2.63. The summed E-state index contributed by atoms with van der Waals surface area (Å²) in [6.07, 6.45) is 0.537. The highest BCUT2D eigenvalue weighted by Gasteiger charge is 2.37. The first-order chi connectivity index (χ1) is 9.04. The third kappa shape index (κ3) is 2.73. The van der Waals surface area contributed by atoms with E-state index in [0.29, 0.717) is 30.2 Å². The zero-order valence-electron chi connectivity index (χ0n) is 11.1. The molecule has 1 heterocycles. The summed E-state index contributed by atoms with van der Waals surface area (Å²) in [6, 6.07) is 5.56. The largest absolute Gasteiger partial charge is 0.356 e. The molecule has 4 nitrogen and oxygen atoms in total. The number of nitrogens with zero attached hydrogens (tertiary/aromatic N) is 1. The van der Waals surface area contributed by atoms with E-state index in [1.807, 2.05) is 32.0 Å². The number of hydrogen-bond donors (Lipinski definition) is 1.